The summed E-state index contributed by atoms with van der Waals surface area (Å²) in [5.74, 6) is 0. The molecule has 3 aromatic rings. The standard InChI is InChI=1S/C25H26O2/c1-3-24(26)20(2)19-27-25(21-13-7-4-8-14-21,22-15-9-5-10-16-22)23-17-11-6-12-18-23/h4-18,24,26H,2-3,19H2,1H3. The third-order valence-electron chi connectivity index (χ3n) is 4.87. The fourth-order valence-electron chi connectivity index (χ4n) is 3.35. The van der Waals surface area contributed by atoms with Crippen molar-refractivity contribution in [3.63, 3.8) is 0 Å². The van der Waals surface area contributed by atoms with Gasteiger partial charge in [-0.25, -0.2) is 0 Å². The molecule has 2 nitrogen and oxygen atoms in total. The molecule has 0 aliphatic rings. The minimum absolute atomic E-state index is 0.272. The van der Waals surface area contributed by atoms with Crippen LogP contribution in [-0.2, 0) is 10.3 Å². The third kappa shape index (κ3) is 4.02. The fourth-order valence-corrected chi connectivity index (χ4v) is 3.35. The maximum absolute atomic E-state index is 10.2. The Morgan fingerprint density at radius 2 is 1.19 bits per heavy atom. The molecule has 3 rings (SSSR count). The van der Waals surface area contributed by atoms with Crippen molar-refractivity contribution in [3.05, 3.63) is 120 Å². The summed E-state index contributed by atoms with van der Waals surface area (Å²) in [4.78, 5) is 0. The number of aliphatic hydroxyl groups excluding tert-OH is 1. The first-order chi connectivity index (χ1) is 13.2. The molecule has 1 atom stereocenters. The van der Waals surface area contributed by atoms with Gasteiger partial charge in [0.05, 0.1) is 12.7 Å². The summed E-state index contributed by atoms with van der Waals surface area (Å²) < 4.78 is 6.61. The summed E-state index contributed by atoms with van der Waals surface area (Å²) in [6.07, 6.45) is 0.0574. The molecule has 0 saturated carbocycles. The predicted molar refractivity (Wildman–Crippen MR) is 111 cm³/mol. The van der Waals surface area contributed by atoms with Crippen molar-refractivity contribution in [2.24, 2.45) is 0 Å². The molecule has 138 valence electrons. The van der Waals surface area contributed by atoms with E-state index in [4.69, 9.17) is 4.74 Å². The van der Waals surface area contributed by atoms with Crippen molar-refractivity contribution in [2.75, 3.05) is 6.61 Å². The van der Waals surface area contributed by atoms with Gasteiger partial charge in [0.15, 0.2) is 0 Å². The molecule has 0 fully saturated rings. The van der Waals surface area contributed by atoms with Crippen LogP contribution in [-0.4, -0.2) is 17.8 Å². The molecular weight excluding hydrogens is 332 g/mol. The van der Waals surface area contributed by atoms with E-state index in [1.54, 1.807) is 0 Å². The van der Waals surface area contributed by atoms with Gasteiger partial charge in [0.1, 0.15) is 5.60 Å². The zero-order chi connectivity index (χ0) is 19.1. The highest BCUT2D eigenvalue weighted by molar-refractivity contribution is 5.47. The van der Waals surface area contributed by atoms with Crippen molar-refractivity contribution >= 4 is 0 Å². The van der Waals surface area contributed by atoms with Gasteiger partial charge in [-0.3, -0.25) is 0 Å². The fraction of sp³-hybridized carbons (Fsp3) is 0.200. The van der Waals surface area contributed by atoms with Crippen LogP contribution in [0.2, 0.25) is 0 Å². The highest BCUT2D eigenvalue weighted by Crippen LogP contribution is 2.40. The van der Waals surface area contributed by atoms with Crippen molar-refractivity contribution in [3.8, 4) is 0 Å². The normalized spacial score (nSPS) is 12.5. The van der Waals surface area contributed by atoms with Gasteiger partial charge in [0, 0.05) is 0 Å². The predicted octanol–water partition coefficient (Wildman–Crippen LogP) is 5.32. The molecule has 0 radical (unpaired) electrons. The lowest BCUT2D eigenvalue weighted by atomic mass is 9.80. The SMILES string of the molecule is C=C(COC(c1ccccc1)(c1ccccc1)c1ccccc1)C(O)CC. The molecule has 3 aromatic carbocycles. The lowest BCUT2D eigenvalue weighted by Gasteiger charge is -2.36. The van der Waals surface area contributed by atoms with Crippen LogP contribution in [0.4, 0.5) is 0 Å². The first-order valence-corrected chi connectivity index (χ1v) is 9.34. The zero-order valence-electron chi connectivity index (χ0n) is 15.7. The second-order valence-corrected chi connectivity index (χ2v) is 6.65. The molecule has 0 amide bonds. The number of aliphatic hydroxyl groups is 1. The van der Waals surface area contributed by atoms with E-state index < -0.39 is 11.7 Å². The van der Waals surface area contributed by atoms with Gasteiger partial charge in [0.2, 0.25) is 0 Å². The van der Waals surface area contributed by atoms with Gasteiger partial charge >= 0.3 is 0 Å². The lowest BCUT2D eigenvalue weighted by Crippen LogP contribution is -2.34. The van der Waals surface area contributed by atoms with Crippen LogP contribution in [0.1, 0.15) is 30.0 Å². The van der Waals surface area contributed by atoms with Crippen LogP contribution in [0.3, 0.4) is 0 Å². The molecule has 1 unspecified atom stereocenters. The zero-order valence-corrected chi connectivity index (χ0v) is 15.7. The minimum atomic E-state index is -0.778. The lowest BCUT2D eigenvalue weighted by molar-refractivity contribution is 0.0191. The van der Waals surface area contributed by atoms with Gasteiger partial charge in [-0.1, -0.05) is 104 Å². The maximum atomic E-state index is 10.2. The Labute approximate surface area is 161 Å². The molecular formula is C25H26O2. The van der Waals surface area contributed by atoms with Crippen LogP contribution >= 0.6 is 0 Å². The average Bonchev–Trinajstić information content (AvgIpc) is 2.75. The number of ether oxygens (including phenoxy) is 1. The Balaban J connectivity index is 2.15. The summed E-state index contributed by atoms with van der Waals surface area (Å²) in [5, 5.41) is 10.2. The third-order valence-corrected chi connectivity index (χ3v) is 4.87. The summed E-state index contributed by atoms with van der Waals surface area (Å²) in [7, 11) is 0. The van der Waals surface area contributed by atoms with E-state index in [9.17, 15) is 5.11 Å². The van der Waals surface area contributed by atoms with Crippen LogP contribution in [0, 0.1) is 0 Å². The summed E-state index contributed by atoms with van der Waals surface area (Å²) >= 11 is 0. The van der Waals surface area contributed by atoms with Crippen molar-refractivity contribution < 1.29 is 9.84 Å². The van der Waals surface area contributed by atoms with E-state index >= 15 is 0 Å². The van der Waals surface area contributed by atoms with E-state index in [0.29, 0.717) is 12.0 Å². The molecule has 27 heavy (non-hydrogen) atoms. The smallest absolute Gasteiger partial charge is 0.144 e. The Kier molecular flexibility index (Phi) is 6.23. The van der Waals surface area contributed by atoms with E-state index in [1.165, 1.54) is 0 Å². The van der Waals surface area contributed by atoms with E-state index in [1.807, 2.05) is 61.5 Å². The quantitative estimate of drug-likeness (QED) is 0.436. The van der Waals surface area contributed by atoms with E-state index in [2.05, 4.69) is 43.0 Å². The van der Waals surface area contributed by atoms with E-state index in [-0.39, 0.29) is 6.61 Å². The van der Waals surface area contributed by atoms with Gasteiger partial charge in [-0.05, 0) is 28.7 Å². The van der Waals surface area contributed by atoms with Gasteiger partial charge in [0.25, 0.3) is 0 Å². The summed E-state index contributed by atoms with van der Waals surface area (Å²) in [6.45, 7) is 6.25. The Hall–Kier alpha value is -2.68. The molecule has 0 aromatic heterocycles. The highest BCUT2D eigenvalue weighted by atomic mass is 16.5. The first kappa shape index (κ1) is 19.1. The second kappa shape index (κ2) is 8.81. The molecule has 0 spiro atoms. The number of hydrogen-bond donors (Lipinski definition) is 1. The maximum Gasteiger partial charge on any atom is 0.144 e. The minimum Gasteiger partial charge on any atom is -0.389 e. The van der Waals surface area contributed by atoms with Crippen LogP contribution in [0.15, 0.2) is 103 Å². The molecule has 2 heteroatoms. The summed E-state index contributed by atoms with van der Waals surface area (Å²) in [6, 6.07) is 30.6. The largest absolute Gasteiger partial charge is 0.389 e. The second-order valence-electron chi connectivity index (χ2n) is 6.65. The molecule has 1 N–H and O–H groups in total. The topological polar surface area (TPSA) is 29.5 Å². The highest BCUT2D eigenvalue weighted by Gasteiger charge is 2.37. The Morgan fingerprint density at radius 3 is 1.52 bits per heavy atom. The van der Waals surface area contributed by atoms with Crippen LogP contribution < -0.4 is 0 Å². The summed E-state index contributed by atoms with van der Waals surface area (Å²) in [5.41, 5.74) is 3.04. The Morgan fingerprint density at radius 1 is 0.815 bits per heavy atom. The molecule has 0 saturated heterocycles. The van der Waals surface area contributed by atoms with Crippen LogP contribution in [0.5, 0.6) is 0 Å². The molecule has 0 aliphatic carbocycles. The molecule has 0 bridgehead atoms. The van der Waals surface area contributed by atoms with E-state index in [0.717, 1.165) is 16.7 Å². The number of hydrogen-bond acceptors (Lipinski definition) is 2. The van der Waals surface area contributed by atoms with Gasteiger partial charge in [-0.2, -0.15) is 0 Å². The van der Waals surface area contributed by atoms with Crippen molar-refractivity contribution in [1.29, 1.82) is 0 Å². The monoisotopic (exact) mass is 358 g/mol. The van der Waals surface area contributed by atoms with Crippen molar-refractivity contribution in [2.45, 2.75) is 25.0 Å². The van der Waals surface area contributed by atoms with Crippen molar-refractivity contribution in [1.82, 2.24) is 0 Å². The molecule has 0 heterocycles. The molecule has 0 aliphatic heterocycles. The number of benzene rings is 3. The first-order valence-electron chi connectivity index (χ1n) is 9.34. The number of rotatable bonds is 8. The van der Waals surface area contributed by atoms with Gasteiger partial charge in [-0.15, -0.1) is 0 Å². The average molecular weight is 358 g/mol. The van der Waals surface area contributed by atoms with Crippen LogP contribution in [0.25, 0.3) is 0 Å². The Bertz CT molecular complexity index is 745. The van der Waals surface area contributed by atoms with Gasteiger partial charge < -0.3 is 9.84 Å².